The number of aromatic nitrogens is 1. The summed E-state index contributed by atoms with van der Waals surface area (Å²) in [4.78, 5) is 7.09. The summed E-state index contributed by atoms with van der Waals surface area (Å²) in [5, 5.41) is 3.38. The fourth-order valence-corrected chi connectivity index (χ4v) is 2.95. The Morgan fingerprint density at radius 3 is 2.65 bits per heavy atom. The van der Waals surface area contributed by atoms with Crippen molar-refractivity contribution < 1.29 is 4.42 Å². The zero-order chi connectivity index (χ0) is 15.6. The number of nitrogens with zero attached hydrogens (tertiary/aromatic N) is 2. The molecule has 0 atom stereocenters. The van der Waals surface area contributed by atoms with Gasteiger partial charge in [0.05, 0.1) is 0 Å². The molecule has 23 heavy (non-hydrogen) atoms. The number of anilines is 1. The number of piperazine rings is 1. The molecule has 0 amide bonds. The summed E-state index contributed by atoms with van der Waals surface area (Å²) >= 11 is 0. The zero-order valence-electron chi connectivity index (χ0n) is 13.0. The molecule has 3 N–H and O–H groups in total. The highest BCUT2D eigenvalue weighted by Gasteiger charge is 2.12. The first-order valence-corrected chi connectivity index (χ1v) is 7.96. The van der Waals surface area contributed by atoms with Gasteiger partial charge in [-0.05, 0) is 42.0 Å². The van der Waals surface area contributed by atoms with Crippen molar-refractivity contribution in [1.29, 1.82) is 0 Å². The maximum atomic E-state index is 5.86. The van der Waals surface area contributed by atoms with Crippen LogP contribution in [0.2, 0.25) is 0 Å². The van der Waals surface area contributed by atoms with Gasteiger partial charge in [-0.3, -0.25) is 4.90 Å². The minimum Gasteiger partial charge on any atom is -0.436 e. The topological polar surface area (TPSA) is 67.3 Å². The second-order valence-corrected chi connectivity index (χ2v) is 5.97. The van der Waals surface area contributed by atoms with Gasteiger partial charge in [-0.1, -0.05) is 6.07 Å². The highest BCUT2D eigenvalue weighted by molar-refractivity contribution is 5.77. The van der Waals surface area contributed by atoms with E-state index in [1.54, 1.807) is 0 Å². The summed E-state index contributed by atoms with van der Waals surface area (Å²) in [6, 6.07) is 13.9. The van der Waals surface area contributed by atoms with E-state index in [-0.39, 0.29) is 0 Å². The van der Waals surface area contributed by atoms with E-state index in [1.807, 2.05) is 30.3 Å². The van der Waals surface area contributed by atoms with Crippen LogP contribution in [0.3, 0.4) is 0 Å². The van der Waals surface area contributed by atoms with Crippen LogP contribution in [0.4, 0.5) is 5.69 Å². The van der Waals surface area contributed by atoms with Gasteiger partial charge in [-0.25, -0.2) is 4.98 Å². The van der Waals surface area contributed by atoms with Gasteiger partial charge in [-0.2, -0.15) is 0 Å². The van der Waals surface area contributed by atoms with Crippen molar-refractivity contribution >= 4 is 16.8 Å². The van der Waals surface area contributed by atoms with Crippen molar-refractivity contribution in [3.63, 3.8) is 0 Å². The van der Waals surface area contributed by atoms with E-state index in [0.29, 0.717) is 5.89 Å². The SMILES string of the molecule is Nc1ccc(-c2nc3cc(CN4CCNCC4)ccc3o2)cc1. The largest absolute Gasteiger partial charge is 0.436 e. The van der Waals surface area contributed by atoms with E-state index >= 15 is 0 Å². The maximum Gasteiger partial charge on any atom is 0.227 e. The monoisotopic (exact) mass is 308 g/mol. The molecule has 5 heteroatoms. The average molecular weight is 308 g/mol. The van der Waals surface area contributed by atoms with Crippen molar-refractivity contribution in [3.05, 3.63) is 48.0 Å². The quantitative estimate of drug-likeness (QED) is 0.728. The highest BCUT2D eigenvalue weighted by Crippen LogP contribution is 2.25. The van der Waals surface area contributed by atoms with E-state index in [4.69, 9.17) is 10.2 Å². The Balaban J connectivity index is 1.60. The van der Waals surface area contributed by atoms with Crippen molar-refractivity contribution in [2.45, 2.75) is 6.54 Å². The molecular formula is C18H20N4O. The van der Waals surface area contributed by atoms with Crippen LogP contribution in [-0.4, -0.2) is 36.1 Å². The molecule has 0 unspecified atom stereocenters. The second-order valence-electron chi connectivity index (χ2n) is 5.97. The molecular weight excluding hydrogens is 288 g/mol. The molecule has 1 aromatic heterocycles. The molecule has 1 saturated heterocycles. The molecule has 118 valence electrons. The van der Waals surface area contributed by atoms with Gasteiger partial charge < -0.3 is 15.5 Å². The first kappa shape index (κ1) is 14.2. The lowest BCUT2D eigenvalue weighted by Gasteiger charge is -2.27. The predicted octanol–water partition coefficient (Wildman–Crippen LogP) is 2.48. The molecule has 2 heterocycles. The summed E-state index contributed by atoms with van der Waals surface area (Å²) in [5.74, 6) is 0.638. The number of rotatable bonds is 3. The standard InChI is InChI=1S/C18H20N4O/c19-15-4-2-14(3-5-15)18-21-16-11-13(1-6-17(16)23-18)12-22-9-7-20-8-10-22/h1-6,11,20H,7-10,12,19H2. The number of oxazole rings is 1. The van der Waals surface area contributed by atoms with Crippen LogP contribution < -0.4 is 11.1 Å². The lowest BCUT2D eigenvalue weighted by atomic mass is 10.2. The average Bonchev–Trinajstić information content (AvgIpc) is 3.00. The number of nitrogens with two attached hydrogens (primary N) is 1. The number of hydrogen-bond donors (Lipinski definition) is 2. The predicted molar refractivity (Wildman–Crippen MR) is 92.0 cm³/mol. The van der Waals surface area contributed by atoms with Gasteiger partial charge in [0.15, 0.2) is 5.58 Å². The van der Waals surface area contributed by atoms with Crippen LogP contribution in [0.25, 0.3) is 22.6 Å². The van der Waals surface area contributed by atoms with Crippen molar-refractivity contribution in [2.75, 3.05) is 31.9 Å². The van der Waals surface area contributed by atoms with Crippen molar-refractivity contribution in [2.24, 2.45) is 0 Å². The first-order chi connectivity index (χ1) is 11.3. The molecule has 0 saturated carbocycles. The minimum atomic E-state index is 0.638. The third-order valence-electron chi connectivity index (χ3n) is 4.23. The number of hydrogen-bond acceptors (Lipinski definition) is 5. The van der Waals surface area contributed by atoms with Crippen LogP contribution in [0, 0.1) is 0 Å². The van der Waals surface area contributed by atoms with Gasteiger partial charge in [0.2, 0.25) is 5.89 Å². The number of benzene rings is 2. The van der Waals surface area contributed by atoms with Gasteiger partial charge >= 0.3 is 0 Å². The van der Waals surface area contributed by atoms with E-state index in [1.165, 1.54) is 5.56 Å². The molecule has 0 bridgehead atoms. The summed E-state index contributed by atoms with van der Waals surface area (Å²) in [5.41, 5.74) is 10.4. The summed E-state index contributed by atoms with van der Waals surface area (Å²) in [6.07, 6.45) is 0. The molecule has 4 rings (SSSR count). The van der Waals surface area contributed by atoms with Crippen LogP contribution in [0.5, 0.6) is 0 Å². The molecule has 1 fully saturated rings. The minimum absolute atomic E-state index is 0.638. The van der Waals surface area contributed by atoms with Crippen molar-refractivity contribution in [3.8, 4) is 11.5 Å². The van der Waals surface area contributed by atoms with Crippen LogP contribution >= 0.6 is 0 Å². The van der Waals surface area contributed by atoms with Crippen LogP contribution in [0.1, 0.15) is 5.56 Å². The molecule has 0 aliphatic carbocycles. The molecule has 0 spiro atoms. The summed E-state index contributed by atoms with van der Waals surface area (Å²) < 4.78 is 5.86. The van der Waals surface area contributed by atoms with Crippen LogP contribution in [0.15, 0.2) is 46.9 Å². The normalized spacial score (nSPS) is 16.0. The van der Waals surface area contributed by atoms with E-state index in [0.717, 1.165) is 55.1 Å². The molecule has 1 aliphatic heterocycles. The smallest absolute Gasteiger partial charge is 0.227 e. The third kappa shape index (κ3) is 3.06. The molecule has 3 aromatic rings. The van der Waals surface area contributed by atoms with E-state index in [2.05, 4.69) is 27.3 Å². The second kappa shape index (κ2) is 6.02. The fourth-order valence-electron chi connectivity index (χ4n) is 2.95. The molecule has 5 nitrogen and oxygen atoms in total. The molecule has 2 aromatic carbocycles. The number of nitrogen functional groups attached to an aromatic ring is 1. The van der Waals surface area contributed by atoms with E-state index in [9.17, 15) is 0 Å². The Morgan fingerprint density at radius 1 is 1.09 bits per heavy atom. The maximum absolute atomic E-state index is 5.86. The van der Waals surface area contributed by atoms with Gasteiger partial charge in [-0.15, -0.1) is 0 Å². The van der Waals surface area contributed by atoms with E-state index < -0.39 is 0 Å². The Bertz CT molecular complexity index is 804. The summed E-state index contributed by atoms with van der Waals surface area (Å²) in [6.45, 7) is 5.27. The number of nitrogens with one attached hydrogen (secondary N) is 1. The summed E-state index contributed by atoms with van der Waals surface area (Å²) in [7, 11) is 0. The Labute approximate surface area is 135 Å². The molecule has 1 aliphatic rings. The molecule has 0 radical (unpaired) electrons. The van der Waals surface area contributed by atoms with Crippen LogP contribution in [-0.2, 0) is 6.54 Å². The van der Waals surface area contributed by atoms with Gasteiger partial charge in [0, 0.05) is 44.0 Å². The Hall–Kier alpha value is -2.37. The highest BCUT2D eigenvalue weighted by atomic mass is 16.3. The first-order valence-electron chi connectivity index (χ1n) is 7.96. The Morgan fingerprint density at radius 2 is 1.87 bits per heavy atom. The number of fused-ring (bicyclic) bond motifs is 1. The Kier molecular flexibility index (Phi) is 3.73. The van der Waals surface area contributed by atoms with Crippen molar-refractivity contribution in [1.82, 2.24) is 15.2 Å². The lowest BCUT2D eigenvalue weighted by Crippen LogP contribution is -2.42. The lowest BCUT2D eigenvalue weighted by molar-refractivity contribution is 0.233. The third-order valence-corrected chi connectivity index (χ3v) is 4.23. The zero-order valence-corrected chi connectivity index (χ0v) is 13.0. The van der Waals surface area contributed by atoms with Gasteiger partial charge in [0.1, 0.15) is 5.52 Å². The fraction of sp³-hybridized carbons (Fsp3) is 0.278. The van der Waals surface area contributed by atoms with Gasteiger partial charge in [0.25, 0.3) is 0 Å².